The molecule has 25 heavy (non-hydrogen) atoms. The molecule has 4 heteroatoms. The van der Waals surface area contributed by atoms with Crippen molar-refractivity contribution in [3.63, 3.8) is 0 Å². The van der Waals surface area contributed by atoms with Gasteiger partial charge in [-0.3, -0.25) is 4.79 Å². The van der Waals surface area contributed by atoms with Crippen molar-refractivity contribution in [3.05, 3.63) is 95.8 Å². The molecule has 0 aromatic heterocycles. The smallest absolute Gasteiger partial charge is 0.255 e. The number of anilines is 2. The molecule has 1 N–H and O–H groups in total. The maximum Gasteiger partial charge on any atom is 0.255 e. The van der Waals surface area contributed by atoms with Crippen LogP contribution in [0.3, 0.4) is 0 Å². The second-order valence-corrected chi connectivity index (χ2v) is 5.85. The molecule has 0 saturated carbocycles. The first-order valence-electron chi connectivity index (χ1n) is 8.04. The van der Waals surface area contributed by atoms with Gasteiger partial charge in [-0.2, -0.15) is 0 Å². The second-order valence-electron chi connectivity index (χ2n) is 5.85. The minimum absolute atomic E-state index is 0.259. The first-order chi connectivity index (χ1) is 12.1. The number of benzene rings is 3. The maximum atomic E-state index is 12.9. The van der Waals surface area contributed by atoms with Gasteiger partial charge in [-0.25, -0.2) is 4.39 Å². The molecule has 0 saturated heterocycles. The number of nitrogens with zero attached hydrogens (tertiary/aromatic N) is 1. The van der Waals surface area contributed by atoms with Gasteiger partial charge in [0, 0.05) is 30.5 Å². The molecule has 0 aliphatic rings. The molecule has 3 rings (SSSR count). The van der Waals surface area contributed by atoms with Crippen molar-refractivity contribution in [2.24, 2.45) is 0 Å². The molecule has 0 aliphatic heterocycles. The van der Waals surface area contributed by atoms with Crippen molar-refractivity contribution in [2.75, 3.05) is 17.3 Å². The Balaban J connectivity index is 1.63. The predicted molar refractivity (Wildman–Crippen MR) is 99.3 cm³/mol. The molecule has 0 unspecified atom stereocenters. The average molecular weight is 334 g/mol. The monoisotopic (exact) mass is 334 g/mol. The quantitative estimate of drug-likeness (QED) is 0.732. The van der Waals surface area contributed by atoms with E-state index in [1.54, 1.807) is 0 Å². The number of rotatable bonds is 5. The highest BCUT2D eigenvalue weighted by Crippen LogP contribution is 2.19. The summed E-state index contributed by atoms with van der Waals surface area (Å²) in [4.78, 5) is 14.3. The molecule has 0 fully saturated rings. The summed E-state index contributed by atoms with van der Waals surface area (Å²) < 4.78 is 12.9. The zero-order chi connectivity index (χ0) is 17.6. The summed E-state index contributed by atoms with van der Waals surface area (Å²) in [6, 6.07) is 23.4. The fraction of sp³-hybridized carbons (Fsp3) is 0.0952. The molecule has 3 aromatic carbocycles. The Bertz CT molecular complexity index is 830. The lowest BCUT2D eigenvalue weighted by atomic mass is 10.2. The number of nitrogens with one attached hydrogen (secondary N) is 1. The third-order valence-corrected chi connectivity index (χ3v) is 3.93. The van der Waals surface area contributed by atoms with Gasteiger partial charge in [-0.15, -0.1) is 0 Å². The average Bonchev–Trinajstić information content (AvgIpc) is 2.63. The minimum atomic E-state index is -0.359. The topological polar surface area (TPSA) is 32.3 Å². The standard InChI is InChI=1S/C21H19FN2O/c1-24(15-16-5-3-2-4-6-16)20-13-11-19(12-14-20)23-21(25)17-7-9-18(22)10-8-17/h2-14H,15H2,1H3,(H,23,25). The summed E-state index contributed by atoms with van der Waals surface area (Å²) in [6.45, 7) is 0.808. The van der Waals surface area contributed by atoms with Gasteiger partial charge in [0.05, 0.1) is 0 Å². The van der Waals surface area contributed by atoms with Crippen LogP contribution in [0, 0.1) is 5.82 Å². The van der Waals surface area contributed by atoms with Crippen molar-refractivity contribution < 1.29 is 9.18 Å². The molecular weight excluding hydrogens is 315 g/mol. The number of hydrogen-bond donors (Lipinski definition) is 1. The van der Waals surface area contributed by atoms with Gasteiger partial charge >= 0.3 is 0 Å². The van der Waals surface area contributed by atoms with Gasteiger partial charge in [-0.05, 0) is 54.1 Å². The van der Waals surface area contributed by atoms with E-state index in [4.69, 9.17) is 0 Å². The lowest BCUT2D eigenvalue weighted by molar-refractivity contribution is 0.102. The highest BCUT2D eigenvalue weighted by atomic mass is 19.1. The van der Waals surface area contributed by atoms with Crippen LogP contribution in [-0.4, -0.2) is 13.0 Å². The van der Waals surface area contributed by atoms with Gasteiger partial charge in [-0.1, -0.05) is 30.3 Å². The Hall–Kier alpha value is -3.14. The van der Waals surface area contributed by atoms with E-state index in [0.29, 0.717) is 11.3 Å². The Morgan fingerprint density at radius 3 is 2.20 bits per heavy atom. The van der Waals surface area contributed by atoms with E-state index >= 15 is 0 Å². The minimum Gasteiger partial charge on any atom is -0.370 e. The van der Waals surface area contributed by atoms with Crippen molar-refractivity contribution in [1.82, 2.24) is 0 Å². The maximum absolute atomic E-state index is 12.9. The van der Waals surface area contributed by atoms with E-state index in [0.717, 1.165) is 12.2 Å². The normalized spacial score (nSPS) is 10.3. The molecule has 1 amide bonds. The number of amides is 1. The number of halogens is 1. The SMILES string of the molecule is CN(Cc1ccccc1)c1ccc(NC(=O)c2ccc(F)cc2)cc1. The van der Waals surface area contributed by atoms with Crippen LogP contribution in [0.5, 0.6) is 0 Å². The van der Waals surface area contributed by atoms with Crippen LogP contribution in [0.1, 0.15) is 15.9 Å². The largest absolute Gasteiger partial charge is 0.370 e. The molecular formula is C21H19FN2O. The Morgan fingerprint density at radius 1 is 0.920 bits per heavy atom. The van der Waals surface area contributed by atoms with Crippen molar-refractivity contribution in [2.45, 2.75) is 6.54 Å². The van der Waals surface area contributed by atoms with Crippen LogP contribution in [-0.2, 0) is 6.54 Å². The zero-order valence-electron chi connectivity index (χ0n) is 13.9. The van der Waals surface area contributed by atoms with Gasteiger partial charge < -0.3 is 10.2 Å². The Kier molecular flexibility index (Phi) is 5.09. The highest BCUT2D eigenvalue weighted by Gasteiger charge is 2.07. The van der Waals surface area contributed by atoms with Crippen LogP contribution >= 0.6 is 0 Å². The van der Waals surface area contributed by atoms with E-state index in [1.807, 2.05) is 49.5 Å². The first kappa shape index (κ1) is 16.7. The molecule has 0 atom stereocenters. The van der Waals surface area contributed by atoms with Crippen LogP contribution < -0.4 is 10.2 Å². The summed E-state index contributed by atoms with van der Waals surface area (Å²) in [7, 11) is 2.03. The fourth-order valence-electron chi connectivity index (χ4n) is 2.55. The third-order valence-electron chi connectivity index (χ3n) is 3.93. The van der Waals surface area contributed by atoms with Crippen molar-refractivity contribution in [1.29, 1.82) is 0 Å². The number of hydrogen-bond acceptors (Lipinski definition) is 2. The fourth-order valence-corrected chi connectivity index (χ4v) is 2.55. The molecule has 0 aliphatic carbocycles. The lowest BCUT2D eigenvalue weighted by Gasteiger charge is -2.19. The molecule has 0 radical (unpaired) electrons. The molecule has 0 spiro atoms. The Labute approximate surface area is 146 Å². The molecule has 3 nitrogen and oxygen atoms in total. The van der Waals surface area contributed by atoms with Gasteiger partial charge in [0.2, 0.25) is 0 Å². The van der Waals surface area contributed by atoms with Crippen LogP contribution in [0.2, 0.25) is 0 Å². The first-order valence-corrected chi connectivity index (χ1v) is 8.04. The van der Waals surface area contributed by atoms with E-state index < -0.39 is 0 Å². The number of carbonyl (C=O) groups excluding carboxylic acids is 1. The van der Waals surface area contributed by atoms with Crippen molar-refractivity contribution >= 4 is 17.3 Å². The summed E-state index contributed by atoms with van der Waals surface area (Å²) >= 11 is 0. The van der Waals surface area contributed by atoms with Crippen LogP contribution in [0.4, 0.5) is 15.8 Å². The summed E-state index contributed by atoms with van der Waals surface area (Å²) in [6.07, 6.45) is 0. The number of carbonyl (C=O) groups is 1. The lowest BCUT2D eigenvalue weighted by Crippen LogP contribution is -2.16. The van der Waals surface area contributed by atoms with E-state index in [9.17, 15) is 9.18 Å². The van der Waals surface area contributed by atoms with E-state index in [2.05, 4.69) is 22.3 Å². The molecule has 0 bridgehead atoms. The van der Waals surface area contributed by atoms with Crippen LogP contribution in [0.15, 0.2) is 78.9 Å². The predicted octanol–water partition coefficient (Wildman–Crippen LogP) is 4.71. The zero-order valence-corrected chi connectivity index (χ0v) is 13.9. The third kappa shape index (κ3) is 4.44. The van der Waals surface area contributed by atoms with Gasteiger partial charge in [0.15, 0.2) is 0 Å². The summed E-state index contributed by atoms with van der Waals surface area (Å²) in [5.74, 6) is -0.618. The van der Waals surface area contributed by atoms with Gasteiger partial charge in [0.1, 0.15) is 5.82 Å². The molecule has 126 valence electrons. The molecule has 0 heterocycles. The summed E-state index contributed by atoms with van der Waals surface area (Å²) in [5.41, 5.74) is 3.42. The summed E-state index contributed by atoms with van der Waals surface area (Å²) in [5, 5.41) is 2.81. The van der Waals surface area contributed by atoms with Crippen molar-refractivity contribution in [3.8, 4) is 0 Å². The molecule has 3 aromatic rings. The second kappa shape index (κ2) is 7.62. The van der Waals surface area contributed by atoms with E-state index in [-0.39, 0.29) is 11.7 Å². The Morgan fingerprint density at radius 2 is 1.56 bits per heavy atom. The van der Waals surface area contributed by atoms with E-state index in [1.165, 1.54) is 29.8 Å². The van der Waals surface area contributed by atoms with Crippen LogP contribution in [0.25, 0.3) is 0 Å². The van der Waals surface area contributed by atoms with Gasteiger partial charge in [0.25, 0.3) is 5.91 Å². The highest BCUT2D eigenvalue weighted by molar-refractivity contribution is 6.04.